The summed E-state index contributed by atoms with van der Waals surface area (Å²) in [5.74, 6) is 1.35. The first-order chi connectivity index (χ1) is 9.60. The number of benzene rings is 1. The van der Waals surface area contributed by atoms with E-state index in [1.165, 1.54) is 37.8 Å². The third-order valence-electron chi connectivity index (χ3n) is 4.67. The highest BCUT2D eigenvalue weighted by Gasteiger charge is 2.28. The van der Waals surface area contributed by atoms with Crippen LogP contribution in [-0.4, -0.2) is 24.5 Å². The summed E-state index contributed by atoms with van der Waals surface area (Å²) >= 11 is 0. The van der Waals surface area contributed by atoms with Crippen molar-refractivity contribution in [3.05, 3.63) is 35.6 Å². The fourth-order valence-corrected chi connectivity index (χ4v) is 3.56. The Balaban J connectivity index is 1.97. The molecule has 1 aromatic rings. The van der Waals surface area contributed by atoms with Crippen LogP contribution in [0.3, 0.4) is 0 Å². The number of hydrogen-bond donors (Lipinski definition) is 1. The summed E-state index contributed by atoms with van der Waals surface area (Å²) in [7, 11) is 2.14. The van der Waals surface area contributed by atoms with Gasteiger partial charge in [-0.3, -0.25) is 4.90 Å². The summed E-state index contributed by atoms with van der Waals surface area (Å²) in [5.41, 5.74) is 7.18. The maximum absolute atomic E-state index is 12.9. The molecule has 2 nitrogen and oxygen atoms in total. The van der Waals surface area contributed by atoms with Crippen LogP contribution in [0.2, 0.25) is 0 Å². The number of hydrogen-bond acceptors (Lipinski definition) is 2. The molecule has 3 atom stereocenters. The van der Waals surface area contributed by atoms with Crippen molar-refractivity contribution in [1.29, 1.82) is 0 Å². The van der Waals surface area contributed by atoms with Gasteiger partial charge >= 0.3 is 0 Å². The van der Waals surface area contributed by atoms with E-state index in [4.69, 9.17) is 5.73 Å². The third kappa shape index (κ3) is 4.03. The summed E-state index contributed by atoms with van der Waals surface area (Å²) in [6.45, 7) is 3.89. The van der Waals surface area contributed by atoms with Gasteiger partial charge in [0.15, 0.2) is 0 Å². The first-order valence-electron chi connectivity index (χ1n) is 7.75. The molecular weight excluding hydrogens is 251 g/mol. The highest BCUT2D eigenvalue weighted by Crippen LogP contribution is 2.32. The van der Waals surface area contributed by atoms with Crippen LogP contribution < -0.4 is 5.73 Å². The summed E-state index contributed by atoms with van der Waals surface area (Å²) in [5, 5.41) is 0. The first kappa shape index (κ1) is 15.5. The molecule has 1 aromatic carbocycles. The van der Waals surface area contributed by atoms with Crippen LogP contribution >= 0.6 is 0 Å². The molecular formula is C17H27FN2. The average molecular weight is 278 g/mol. The zero-order valence-electron chi connectivity index (χ0n) is 12.7. The zero-order chi connectivity index (χ0) is 14.5. The Kier molecular flexibility index (Phi) is 5.55. The molecule has 1 aliphatic carbocycles. The van der Waals surface area contributed by atoms with Crippen LogP contribution in [0, 0.1) is 17.7 Å². The van der Waals surface area contributed by atoms with Crippen molar-refractivity contribution < 1.29 is 4.39 Å². The molecule has 3 unspecified atom stereocenters. The number of rotatable bonds is 5. The van der Waals surface area contributed by atoms with E-state index in [9.17, 15) is 4.39 Å². The molecule has 2 N–H and O–H groups in total. The van der Waals surface area contributed by atoms with E-state index >= 15 is 0 Å². The minimum absolute atomic E-state index is 0.173. The number of halogens is 1. The fourth-order valence-electron chi connectivity index (χ4n) is 3.56. The van der Waals surface area contributed by atoms with Gasteiger partial charge in [0.1, 0.15) is 5.82 Å². The molecule has 0 spiro atoms. The molecule has 1 saturated carbocycles. The first-order valence-corrected chi connectivity index (χ1v) is 7.75. The molecule has 0 amide bonds. The Morgan fingerprint density at radius 1 is 1.30 bits per heavy atom. The molecule has 0 aliphatic heterocycles. The SMILES string of the molecule is CC1CCCC(C(CN)N(C)Cc2ccc(F)cc2)C1. The van der Waals surface area contributed by atoms with E-state index < -0.39 is 0 Å². The van der Waals surface area contributed by atoms with Gasteiger partial charge in [0.05, 0.1) is 0 Å². The molecule has 2 rings (SSSR count). The van der Waals surface area contributed by atoms with Crippen molar-refractivity contribution in [3.8, 4) is 0 Å². The normalized spacial score (nSPS) is 24.9. The van der Waals surface area contributed by atoms with Crippen molar-refractivity contribution >= 4 is 0 Å². The number of nitrogens with two attached hydrogens (primary N) is 1. The highest BCUT2D eigenvalue weighted by molar-refractivity contribution is 5.16. The molecule has 1 aliphatic rings. The minimum atomic E-state index is -0.173. The molecule has 1 fully saturated rings. The number of nitrogens with zero attached hydrogens (tertiary/aromatic N) is 1. The summed E-state index contributed by atoms with van der Waals surface area (Å²) < 4.78 is 12.9. The largest absolute Gasteiger partial charge is 0.329 e. The standard InChI is InChI=1S/C17H27FN2/c1-13-4-3-5-15(10-13)17(11-19)20(2)12-14-6-8-16(18)9-7-14/h6-9,13,15,17H,3-5,10-12,19H2,1-2H3. The van der Waals surface area contributed by atoms with Crippen LogP contribution in [-0.2, 0) is 6.54 Å². The van der Waals surface area contributed by atoms with Crippen LogP contribution in [0.4, 0.5) is 4.39 Å². The summed E-state index contributed by atoms with van der Waals surface area (Å²) in [4.78, 5) is 2.34. The molecule has 3 heteroatoms. The van der Waals surface area contributed by atoms with E-state index in [1.807, 2.05) is 12.1 Å². The van der Waals surface area contributed by atoms with Gasteiger partial charge in [-0.2, -0.15) is 0 Å². The van der Waals surface area contributed by atoms with Crippen molar-refractivity contribution in [2.45, 2.75) is 45.2 Å². The van der Waals surface area contributed by atoms with Crippen LogP contribution in [0.15, 0.2) is 24.3 Å². The molecule has 0 radical (unpaired) electrons. The molecule has 20 heavy (non-hydrogen) atoms. The second-order valence-corrected chi connectivity index (χ2v) is 6.38. The zero-order valence-corrected chi connectivity index (χ0v) is 12.7. The molecule has 0 bridgehead atoms. The third-order valence-corrected chi connectivity index (χ3v) is 4.67. The van der Waals surface area contributed by atoms with Gasteiger partial charge < -0.3 is 5.73 Å². The molecule has 0 saturated heterocycles. The highest BCUT2D eigenvalue weighted by atomic mass is 19.1. The number of likely N-dealkylation sites (N-methyl/N-ethyl adjacent to an activating group) is 1. The van der Waals surface area contributed by atoms with E-state index in [1.54, 1.807) is 0 Å². The quantitative estimate of drug-likeness (QED) is 0.894. The Bertz CT molecular complexity index is 404. The second kappa shape index (κ2) is 7.19. The van der Waals surface area contributed by atoms with Gasteiger partial charge in [0.25, 0.3) is 0 Å². The van der Waals surface area contributed by atoms with Gasteiger partial charge in [-0.15, -0.1) is 0 Å². The summed E-state index contributed by atoms with van der Waals surface area (Å²) in [6, 6.07) is 7.22. The molecule has 112 valence electrons. The van der Waals surface area contributed by atoms with Crippen molar-refractivity contribution in [2.75, 3.05) is 13.6 Å². The lowest BCUT2D eigenvalue weighted by molar-refractivity contribution is 0.125. The molecule has 0 heterocycles. The van der Waals surface area contributed by atoms with E-state index in [0.717, 1.165) is 18.0 Å². The maximum Gasteiger partial charge on any atom is 0.123 e. The van der Waals surface area contributed by atoms with Gasteiger partial charge in [0.2, 0.25) is 0 Å². The Morgan fingerprint density at radius 2 is 2.00 bits per heavy atom. The maximum atomic E-state index is 12.9. The summed E-state index contributed by atoms with van der Waals surface area (Å²) in [6.07, 6.45) is 5.26. The van der Waals surface area contributed by atoms with Crippen LogP contribution in [0.25, 0.3) is 0 Å². The lowest BCUT2D eigenvalue weighted by Crippen LogP contribution is -2.44. The lowest BCUT2D eigenvalue weighted by atomic mass is 9.78. The van der Waals surface area contributed by atoms with Crippen LogP contribution in [0.5, 0.6) is 0 Å². The Labute approximate surface area is 122 Å². The van der Waals surface area contributed by atoms with Crippen molar-refractivity contribution in [1.82, 2.24) is 4.90 Å². The van der Waals surface area contributed by atoms with Crippen molar-refractivity contribution in [2.24, 2.45) is 17.6 Å². The topological polar surface area (TPSA) is 29.3 Å². The fraction of sp³-hybridized carbons (Fsp3) is 0.647. The van der Waals surface area contributed by atoms with Crippen LogP contribution in [0.1, 0.15) is 38.2 Å². The van der Waals surface area contributed by atoms with Gasteiger partial charge in [-0.05, 0) is 49.4 Å². The van der Waals surface area contributed by atoms with E-state index in [0.29, 0.717) is 18.5 Å². The predicted octanol–water partition coefficient (Wildman–Crippen LogP) is 3.41. The average Bonchev–Trinajstić information content (AvgIpc) is 2.42. The van der Waals surface area contributed by atoms with E-state index in [-0.39, 0.29) is 5.82 Å². The van der Waals surface area contributed by atoms with E-state index in [2.05, 4.69) is 18.9 Å². The monoisotopic (exact) mass is 278 g/mol. The minimum Gasteiger partial charge on any atom is -0.329 e. The predicted molar refractivity (Wildman–Crippen MR) is 81.8 cm³/mol. The Morgan fingerprint density at radius 3 is 2.60 bits per heavy atom. The van der Waals surface area contributed by atoms with Gasteiger partial charge in [0, 0.05) is 19.1 Å². The smallest absolute Gasteiger partial charge is 0.123 e. The lowest BCUT2D eigenvalue weighted by Gasteiger charge is -2.38. The van der Waals surface area contributed by atoms with Gasteiger partial charge in [-0.25, -0.2) is 4.39 Å². The second-order valence-electron chi connectivity index (χ2n) is 6.38. The Hall–Kier alpha value is -0.930. The van der Waals surface area contributed by atoms with Crippen molar-refractivity contribution in [3.63, 3.8) is 0 Å². The van der Waals surface area contributed by atoms with Gasteiger partial charge in [-0.1, -0.05) is 31.9 Å². The molecule has 0 aromatic heterocycles.